The number of nitrogens with zero attached hydrogens (tertiary/aromatic N) is 2. The minimum Gasteiger partial charge on any atom is -0.438 e. The molecule has 4 nitrogen and oxygen atoms in total. The molecule has 2 aromatic carbocycles. The van der Waals surface area contributed by atoms with Crippen LogP contribution in [0.5, 0.6) is 11.6 Å². The maximum absolute atomic E-state index is 5.82. The molecule has 0 saturated carbocycles. The van der Waals surface area contributed by atoms with E-state index in [1.165, 1.54) is 5.39 Å². The minimum absolute atomic E-state index is 0.486. The van der Waals surface area contributed by atoms with Gasteiger partial charge in [-0.3, -0.25) is 0 Å². The Morgan fingerprint density at radius 2 is 1.90 bits per heavy atom. The predicted octanol–water partition coefficient (Wildman–Crippen LogP) is 4.23. The first kappa shape index (κ1) is 12.9. The summed E-state index contributed by atoms with van der Waals surface area (Å²) in [6, 6.07) is 14.1. The normalized spacial score (nSPS) is 10.5. The summed E-state index contributed by atoms with van der Waals surface area (Å²) < 4.78 is 6.53. The van der Waals surface area contributed by atoms with Crippen LogP contribution in [0, 0.1) is 0 Å². The zero-order chi connectivity index (χ0) is 13.9. The van der Waals surface area contributed by atoms with E-state index in [2.05, 4.69) is 43.3 Å². The summed E-state index contributed by atoms with van der Waals surface area (Å²) in [7, 11) is 1.77. The van der Waals surface area contributed by atoms with E-state index in [9.17, 15) is 0 Å². The SMILES string of the molecule is CNc1ncc(Br)c(Oc2ccc3ccccc3c2)n1. The van der Waals surface area contributed by atoms with Crippen LogP contribution < -0.4 is 10.1 Å². The average molecular weight is 330 g/mol. The van der Waals surface area contributed by atoms with Crippen LogP contribution in [0.15, 0.2) is 53.1 Å². The second-order valence-electron chi connectivity index (χ2n) is 4.21. The van der Waals surface area contributed by atoms with E-state index in [0.29, 0.717) is 16.3 Å². The van der Waals surface area contributed by atoms with Crippen LogP contribution in [0.1, 0.15) is 0 Å². The lowest BCUT2D eigenvalue weighted by molar-refractivity contribution is 0.459. The third kappa shape index (κ3) is 2.58. The fraction of sp³-hybridized carbons (Fsp3) is 0.0667. The number of ether oxygens (including phenoxy) is 1. The maximum atomic E-state index is 5.82. The highest BCUT2D eigenvalue weighted by molar-refractivity contribution is 9.10. The average Bonchev–Trinajstić information content (AvgIpc) is 2.49. The fourth-order valence-corrected chi connectivity index (χ4v) is 2.16. The Balaban J connectivity index is 1.96. The molecule has 0 saturated heterocycles. The van der Waals surface area contributed by atoms with Crippen molar-refractivity contribution in [3.63, 3.8) is 0 Å². The monoisotopic (exact) mass is 329 g/mol. The number of hydrogen-bond donors (Lipinski definition) is 1. The van der Waals surface area contributed by atoms with Gasteiger partial charge in [0.2, 0.25) is 11.8 Å². The molecule has 0 spiro atoms. The molecule has 0 unspecified atom stereocenters. The summed E-state index contributed by atoms with van der Waals surface area (Å²) in [6.45, 7) is 0. The van der Waals surface area contributed by atoms with Crippen LogP contribution in [0.25, 0.3) is 10.8 Å². The molecule has 3 aromatic rings. The Hall–Kier alpha value is -2.14. The smallest absolute Gasteiger partial charge is 0.238 e. The molecule has 1 heterocycles. The van der Waals surface area contributed by atoms with Crippen molar-refractivity contribution < 1.29 is 4.74 Å². The van der Waals surface area contributed by atoms with E-state index in [0.717, 1.165) is 11.1 Å². The number of aromatic nitrogens is 2. The number of anilines is 1. The Morgan fingerprint density at radius 1 is 1.10 bits per heavy atom. The van der Waals surface area contributed by atoms with Gasteiger partial charge in [0.05, 0.1) is 10.7 Å². The minimum atomic E-state index is 0.486. The number of halogens is 1. The first-order valence-electron chi connectivity index (χ1n) is 6.13. The van der Waals surface area contributed by atoms with E-state index in [4.69, 9.17) is 4.74 Å². The zero-order valence-corrected chi connectivity index (χ0v) is 12.4. The van der Waals surface area contributed by atoms with Gasteiger partial charge in [-0.1, -0.05) is 30.3 Å². The first-order valence-corrected chi connectivity index (χ1v) is 6.92. The van der Waals surface area contributed by atoms with Crippen LogP contribution in [-0.2, 0) is 0 Å². The third-order valence-electron chi connectivity index (χ3n) is 2.87. The number of hydrogen-bond acceptors (Lipinski definition) is 4. The standard InChI is InChI=1S/C15H12BrN3O/c1-17-15-18-9-13(16)14(19-15)20-12-7-6-10-4-2-3-5-11(10)8-12/h2-9H,1H3,(H,17,18,19). The summed E-state index contributed by atoms with van der Waals surface area (Å²) in [5.74, 6) is 1.74. The van der Waals surface area contributed by atoms with Gasteiger partial charge in [0.1, 0.15) is 5.75 Å². The van der Waals surface area contributed by atoms with Gasteiger partial charge < -0.3 is 10.1 Å². The summed E-state index contributed by atoms with van der Waals surface area (Å²) >= 11 is 3.39. The van der Waals surface area contributed by atoms with Gasteiger partial charge in [0, 0.05) is 7.05 Å². The first-order chi connectivity index (χ1) is 9.76. The van der Waals surface area contributed by atoms with Crippen molar-refractivity contribution >= 4 is 32.7 Å². The van der Waals surface area contributed by atoms with E-state index >= 15 is 0 Å². The second-order valence-corrected chi connectivity index (χ2v) is 5.06. The van der Waals surface area contributed by atoms with E-state index in [1.54, 1.807) is 13.2 Å². The topological polar surface area (TPSA) is 47.0 Å². The molecule has 0 amide bonds. The van der Waals surface area contributed by atoms with Gasteiger partial charge in [-0.2, -0.15) is 4.98 Å². The van der Waals surface area contributed by atoms with Gasteiger partial charge in [0.15, 0.2) is 0 Å². The van der Waals surface area contributed by atoms with Gasteiger partial charge in [-0.15, -0.1) is 0 Å². The van der Waals surface area contributed by atoms with E-state index < -0.39 is 0 Å². The molecule has 3 rings (SSSR count). The molecular weight excluding hydrogens is 318 g/mol. The largest absolute Gasteiger partial charge is 0.438 e. The van der Waals surface area contributed by atoms with Crippen molar-refractivity contribution in [1.29, 1.82) is 0 Å². The Morgan fingerprint density at radius 3 is 2.70 bits per heavy atom. The molecule has 5 heteroatoms. The summed E-state index contributed by atoms with van der Waals surface area (Å²) in [4.78, 5) is 8.37. The number of rotatable bonds is 3. The zero-order valence-electron chi connectivity index (χ0n) is 10.8. The van der Waals surface area contributed by atoms with Crippen LogP contribution in [-0.4, -0.2) is 17.0 Å². The predicted molar refractivity (Wildman–Crippen MR) is 83.3 cm³/mol. The molecule has 0 aliphatic rings. The maximum Gasteiger partial charge on any atom is 0.238 e. The Labute approximate surface area is 125 Å². The molecule has 0 fully saturated rings. The number of fused-ring (bicyclic) bond motifs is 1. The molecule has 0 bridgehead atoms. The van der Waals surface area contributed by atoms with Crippen molar-refractivity contribution in [1.82, 2.24) is 9.97 Å². The summed E-state index contributed by atoms with van der Waals surface area (Å²) in [5.41, 5.74) is 0. The molecule has 20 heavy (non-hydrogen) atoms. The van der Waals surface area contributed by atoms with Crippen molar-refractivity contribution in [3.8, 4) is 11.6 Å². The van der Waals surface area contributed by atoms with Gasteiger partial charge in [0.25, 0.3) is 0 Å². The Bertz CT molecular complexity index is 761. The van der Waals surface area contributed by atoms with E-state index in [-0.39, 0.29) is 0 Å². The van der Waals surface area contributed by atoms with Crippen molar-refractivity contribution in [2.24, 2.45) is 0 Å². The third-order valence-corrected chi connectivity index (χ3v) is 3.41. The molecule has 0 aliphatic heterocycles. The lowest BCUT2D eigenvalue weighted by Gasteiger charge is -2.08. The Kier molecular flexibility index (Phi) is 3.52. The molecule has 0 aliphatic carbocycles. The molecular formula is C15H12BrN3O. The highest BCUT2D eigenvalue weighted by Gasteiger charge is 2.07. The van der Waals surface area contributed by atoms with Crippen molar-refractivity contribution in [3.05, 3.63) is 53.1 Å². The van der Waals surface area contributed by atoms with Gasteiger partial charge in [-0.25, -0.2) is 4.98 Å². The molecule has 100 valence electrons. The highest BCUT2D eigenvalue weighted by atomic mass is 79.9. The van der Waals surface area contributed by atoms with Crippen LogP contribution in [0.2, 0.25) is 0 Å². The lowest BCUT2D eigenvalue weighted by atomic mass is 10.1. The van der Waals surface area contributed by atoms with Gasteiger partial charge in [-0.05, 0) is 38.8 Å². The van der Waals surface area contributed by atoms with Crippen molar-refractivity contribution in [2.75, 3.05) is 12.4 Å². The van der Waals surface area contributed by atoms with Crippen LogP contribution in [0.4, 0.5) is 5.95 Å². The van der Waals surface area contributed by atoms with Crippen molar-refractivity contribution in [2.45, 2.75) is 0 Å². The van der Waals surface area contributed by atoms with E-state index in [1.807, 2.05) is 30.3 Å². The second kappa shape index (κ2) is 5.46. The summed E-state index contributed by atoms with van der Waals surface area (Å²) in [6.07, 6.45) is 1.66. The molecule has 1 aromatic heterocycles. The quantitative estimate of drug-likeness (QED) is 0.781. The molecule has 1 N–H and O–H groups in total. The number of nitrogens with one attached hydrogen (secondary N) is 1. The van der Waals surface area contributed by atoms with Crippen LogP contribution >= 0.6 is 15.9 Å². The summed E-state index contributed by atoms with van der Waals surface area (Å²) in [5, 5.41) is 5.19. The molecule has 0 atom stereocenters. The molecule has 0 radical (unpaired) electrons. The highest BCUT2D eigenvalue weighted by Crippen LogP contribution is 2.29. The van der Waals surface area contributed by atoms with Crippen LogP contribution in [0.3, 0.4) is 0 Å². The number of benzene rings is 2. The fourth-order valence-electron chi connectivity index (χ4n) is 1.89. The lowest BCUT2D eigenvalue weighted by Crippen LogP contribution is -1.98. The van der Waals surface area contributed by atoms with Gasteiger partial charge >= 0.3 is 0 Å².